The molecule has 8 nitrogen and oxygen atoms in total. The molecule has 0 aliphatic rings. The molecule has 0 saturated carbocycles. The molecule has 1 aromatic heterocycles. The van der Waals surface area contributed by atoms with Crippen molar-refractivity contribution in [2.45, 2.75) is 13.8 Å². The Balaban J connectivity index is 1.63. The van der Waals surface area contributed by atoms with Crippen molar-refractivity contribution >= 4 is 52.7 Å². The molecule has 2 rings (SSSR count). The van der Waals surface area contributed by atoms with Gasteiger partial charge in [0.05, 0.1) is 11.5 Å². The molecule has 0 saturated heterocycles. The summed E-state index contributed by atoms with van der Waals surface area (Å²) in [5.41, 5.74) is 1.40. The van der Waals surface area contributed by atoms with Crippen molar-refractivity contribution in [2.24, 2.45) is 0 Å². The van der Waals surface area contributed by atoms with Crippen LogP contribution in [0.1, 0.15) is 11.3 Å². The number of aryl methyl sites for hydroxylation is 2. The Morgan fingerprint density at radius 2 is 1.93 bits per heavy atom. The van der Waals surface area contributed by atoms with Crippen molar-refractivity contribution in [1.29, 1.82) is 0 Å². The lowest BCUT2D eigenvalue weighted by Gasteiger charge is -2.08. The molecule has 0 fully saturated rings. The molecular weight excluding hydrogens is 394 g/mol. The predicted octanol–water partition coefficient (Wildman–Crippen LogP) is 2.80. The number of carbonyl (C=O) groups excluding carboxylic acids is 3. The summed E-state index contributed by atoms with van der Waals surface area (Å²) in [5, 5.41) is 9.27. The summed E-state index contributed by atoms with van der Waals surface area (Å²) in [6.45, 7) is 3.13. The molecule has 1 heterocycles. The average molecular weight is 412 g/mol. The van der Waals surface area contributed by atoms with Crippen LogP contribution in [0.25, 0.3) is 0 Å². The fourth-order valence-electron chi connectivity index (χ4n) is 1.89. The van der Waals surface area contributed by atoms with E-state index in [2.05, 4.69) is 15.8 Å². The number of hydrogen-bond donors (Lipinski definition) is 2. The lowest BCUT2D eigenvalue weighted by molar-refractivity contribution is -0.144. The SMILES string of the molecule is Cc1cc(NC(=O)CSCC(=O)OCC(=O)Nc2ccc(C)c(Cl)c2)no1. The summed E-state index contributed by atoms with van der Waals surface area (Å²) >= 11 is 7.04. The van der Waals surface area contributed by atoms with Gasteiger partial charge in [0.15, 0.2) is 12.4 Å². The van der Waals surface area contributed by atoms with E-state index in [0.29, 0.717) is 22.3 Å². The van der Waals surface area contributed by atoms with Gasteiger partial charge in [-0.2, -0.15) is 0 Å². The summed E-state index contributed by atoms with van der Waals surface area (Å²) in [5.74, 6) is -0.532. The first-order valence-electron chi connectivity index (χ1n) is 7.86. The third-order valence-corrected chi connectivity index (χ3v) is 4.48. The molecule has 1 aromatic carbocycles. The van der Waals surface area contributed by atoms with Crippen molar-refractivity contribution in [1.82, 2.24) is 5.16 Å². The van der Waals surface area contributed by atoms with Crippen LogP contribution in [-0.2, 0) is 19.1 Å². The van der Waals surface area contributed by atoms with Gasteiger partial charge in [-0.3, -0.25) is 14.4 Å². The summed E-state index contributed by atoms with van der Waals surface area (Å²) in [4.78, 5) is 35.1. The zero-order valence-corrected chi connectivity index (χ0v) is 16.3. The molecule has 27 heavy (non-hydrogen) atoms. The standard InChI is InChI=1S/C17H18ClN3O5S/c1-10-3-4-12(6-13(10)18)19-15(22)7-25-17(24)9-27-8-16(23)20-14-5-11(2)26-21-14/h3-6H,7-9H2,1-2H3,(H,19,22)(H,20,21,23). The molecule has 2 N–H and O–H groups in total. The number of hydrogen-bond acceptors (Lipinski definition) is 7. The van der Waals surface area contributed by atoms with Crippen molar-refractivity contribution in [2.75, 3.05) is 28.7 Å². The summed E-state index contributed by atoms with van der Waals surface area (Å²) in [7, 11) is 0. The number of rotatable bonds is 8. The molecule has 2 aromatic rings. The number of anilines is 2. The van der Waals surface area contributed by atoms with Gasteiger partial charge in [-0.1, -0.05) is 22.8 Å². The number of ether oxygens (including phenoxy) is 1. The van der Waals surface area contributed by atoms with Gasteiger partial charge >= 0.3 is 5.97 Å². The highest BCUT2D eigenvalue weighted by molar-refractivity contribution is 8.00. The van der Waals surface area contributed by atoms with E-state index in [4.69, 9.17) is 20.9 Å². The highest BCUT2D eigenvalue weighted by Gasteiger charge is 2.11. The fraction of sp³-hybridized carbons (Fsp3) is 0.294. The molecule has 0 radical (unpaired) electrons. The van der Waals surface area contributed by atoms with Crippen molar-refractivity contribution < 1.29 is 23.6 Å². The van der Waals surface area contributed by atoms with E-state index in [-0.39, 0.29) is 17.4 Å². The molecule has 0 aliphatic heterocycles. The molecule has 0 bridgehead atoms. The highest BCUT2D eigenvalue weighted by Crippen LogP contribution is 2.19. The molecule has 0 aliphatic carbocycles. The van der Waals surface area contributed by atoms with Gasteiger partial charge in [0.1, 0.15) is 5.76 Å². The monoisotopic (exact) mass is 411 g/mol. The van der Waals surface area contributed by atoms with Crippen LogP contribution in [0, 0.1) is 13.8 Å². The molecule has 10 heteroatoms. The molecule has 0 atom stereocenters. The summed E-state index contributed by atoms with van der Waals surface area (Å²) in [6, 6.07) is 6.66. The fourth-order valence-corrected chi connectivity index (χ4v) is 2.68. The smallest absolute Gasteiger partial charge is 0.316 e. The van der Waals surface area contributed by atoms with Crippen molar-refractivity contribution in [3.8, 4) is 0 Å². The number of thioether (sulfide) groups is 1. The first kappa shape index (κ1) is 20.8. The van der Waals surface area contributed by atoms with Gasteiger partial charge < -0.3 is 19.9 Å². The van der Waals surface area contributed by atoms with Crippen LogP contribution in [0.3, 0.4) is 0 Å². The average Bonchev–Trinajstić information content (AvgIpc) is 3.01. The quantitative estimate of drug-likeness (QED) is 0.642. The zero-order valence-electron chi connectivity index (χ0n) is 14.7. The van der Waals surface area contributed by atoms with E-state index in [1.54, 1.807) is 31.2 Å². The number of amides is 2. The number of halogens is 1. The third-order valence-electron chi connectivity index (χ3n) is 3.17. The van der Waals surface area contributed by atoms with Gasteiger partial charge in [0.25, 0.3) is 5.91 Å². The Bertz CT molecular complexity index is 840. The maximum Gasteiger partial charge on any atom is 0.316 e. The molecule has 2 amide bonds. The first-order valence-corrected chi connectivity index (χ1v) is 9.39. The van der Waals surface area contributed by atoms with E-state index < -0.39 is 18.5 Å². The second-order valence-electron chi connectivity index (χ2n) is 5.54. The Morgan fingerprint density at radius 3 is 2.59 bits per heavy atom. The van der Waals surface area contributed by atoms with Crippen LogP contribution in [0.5, 0.6) is 0 Å². The second-order valence-corrected chi connectivity index (χ2v) is 6.93. The lowest BCUT2D eigenvalue weighted by atomic mass is 10.2. The van der Waals surface area contributed by atoms with E-state index in [1.807, 2.05) is 6.92 Å². The van der Waals surface area contributed by atoms with Gasteiger partial charge in [0, 0.05) is 16.8 Å². The number of benzene rings is 1. The molecule has 144 valence electrons. The number of carbonyl (C=O) groups is 3. The van der Waals surface area contributed by atoms with E-state index in [9.17, 15) is 14.4 Å². The second kappa shape index (κ2) is 9.98. The Hall–Kier alpha value is -2.52. The van der Waals surface area contributed by atoms with Crippen LogP contribution in [0.2, 0.25) is 5.02 Å². The highest BCUT2D eigenvalue weighted by atomic mass is 35.5. The zero-order chi connectivity index (χ0) is 19.8. The molecular formula is C17H18ClN3O5S. The van der Waals surface area contributed by atoms with Crippen LogP contribution >= 0.6 is 23.4 Å². The van der Waals surface area contributed by atoms with Gasteiger partial charge in [-0.05, 0) is 31.5 Å². The van der Waals surface area contributed by atoms with Crippen LogP contribution < -0.4 is 10.6 Å². The topological polar surface area (TPSA) is 111 Å². The normalized spacial score (nSPS) is 10.3. The molecule has 0 spiro atoms. The van der Waals surface area contributed by atoms with Crippen LogP contribution in [-0.4, -0.2) is 41.1 Å². The first-order chi connectivity index (χ1) is 12.8. The predicted molar refractivity (Wildman–Crippen MR) is 103 cm³/mol. The lowest BCUT2D eigenvalue weighted by Crippen LogP contribution is -2.22. The number of esters is 1. The van der Waals surface area contributed by atoms with Crippen molar-refractivity contribution in [3.63, 3.8) is 0 Å². The maximum absolute atomic E-state index is 11.8. The van der Waals surface area contributed by atoms with E-state index in [0.717, 1.165) is 17.3 Å². The minimum absolute atomic E-state index is 0.0368. The third kappa shape index (κ3) is 7.32. The van der Waals surface area contributed by atoms with E-state index >= 15 is 0 Å². The number of aromatic nitrogens is 1. The largest absolute Gasteiger partial charge is 0.455 e. The number of nitrogens with one attached hydrogen (secondary N) is 2. The minimum Gasteiger partial charge on any atom is -0.455 e. The van der Waals surface area contributed by atoms with Crippen molar-refractivity contribution in [3.05, 3.63) is 40.6 Å². The van der Waals surface area contributed by atoms with Gasteiger partial charge in [0.2, 0.25) is 5.91 Å². The Morgan fingerprint density at radius 1 is 1.15 bits per heavy atom. The summed E-state index contributed by atoms with van der Waals surface area (Å²) in [6.07, 6.45) is 0. The van der Waals surface area contributed by atoms with Gasteiger partial charge in [-0.25, -0.2) is 0 Å². The minimum atomic E-state index is -0.595. The summed E-state index contributed by atoms with van der Waals surface area (Å²) < 4.78 is 9.70. The number of nitrogens with zero attached hydrogens (tertiary/aromatic N) is 1. The molecule has 0 unspecified atom stereocenters. The van der Waals surface area contributed by atoms with Gasteiger partial charge in [-0.15, -0.1) is 11.8 Å². The van der Waals surface area contributed by atoms with Crippen LogP contribution in [0.15, 0.2) is 28.8 Å². The van der Waals surface area contributed by atoms with E-state index in [1.165, 1.54) is 0 Å². The van der Waals surface area contributed by atoms with Crippen LogP contribution in [0.4, 0.5) is 11.5 Å². The maximum atomic E-state index is 11.8. The Labute approximate surface area is 164 Å². The Kier molecular flexibility index (Phi) is 7.68.